The van der Waals surface area contributed by atoms with Gasteiger partial charge in [0.25, 0.3) is 5.91 Å². The zero-order valence-corrected chi connectivity index (χ0v) is 12.4. The van der Waals surface area contributed by atoms with Crippen molar-refractivity contribution in [2.45, 2.75) is 32.2 Å². The van der Waals surface area contributed by atoms with E-state index in [0.29, 0.717) is 22.1 Å². The summed E-state index contributed by atoms with van der Waals surface area (Å²) in [5.41, 5.74) is 7.32. The Morgan fingerprint density at radius 3 is 2.79 bits per heavy atom. The third-order valence-electron chi connectivity index (χ3n) is 3.38. The monoisotopic (exact) mass is 296 g/mol. The molecule has 0 aromatic heterocycles. The lowest BCUT2D eigenvalue weighted by Gasteiger charge is -2.35. The van der Waals surface area contributed by atoms with Crippen LogP contribution in [0.25, 0.3) is 0 Å². The fourth-order valence-electron chi connectivity index (χ4n) is 2.50. The maximum absolute atomic E-state index is 12.6. The lowest BCUT2D eigenvalue weighted by Crippen LogP contribution is -2.49. The molecular formula is C14H17ClN2OS. The first-order valence-electron chi connectivity index (χ1n) is 6.36. The number of nitrogens with two attached hydrogens (primary N) is 1. The molecule has 1 heterocycles. The second kappa shape index (κ2) is 5.88. The van der Waals surface area contributed by atoms with E-state index < -0.39 is 0 Å². The summed E-state index contributed by atoms with van der Waals surface area (Å²) in [7, 11) is 0. The third kappa shape index (κ3) is 3.25. The van der Waals surface area contributed by atoms with Crippen LogP contribution < -0.4 is 5.73 Å². The van der Waals surface area contributed by atoms with Gasteiger partial charge in [0.05, 0.1) is 11.0 Å². The summed E-state index contributed by atoms with van der Waals surface area (Å²) in [5.74, 6) is -0.0388. The summed E-state index contributed by atoms with van der Waals surface area (Å²) in [6.45, 7) is 2.62. The molecule has 1 aliphatic heterocycles. The Morgan fingerprint density at radius 2 is 2.16 bits per heavy atom. The van der Waals surface area contributed by atoms with Crippen molar-refractivity contribution in [2.24, 2.45) is 5.73 Å². The first-order chi connectivity index (χ1) is 8.99. The lowest BCUT2D eigenvalue weighted by molar-refractivity contribution is 0.0681. The quantitative estimate of drug-likeness (QED) is 0.854. The molecule has 1 amide bonds. The minimum absolute atomic E-state index is 0.0388. The molecule has 3 nitrogen and oxygen atoms in total. The van der Waals surface area contributed by atoms with Crippen LogP contribution in [0.15, 0.2) is 18.2 Å². The van der Waals surface area contributed by atoms with E-state index in [2.05, 4.69) is 0 Å². The molecule has 2 rings (SSSR count). The predicted molar refractivity (Wildman–Crippen MR) is 81.6 cm³/mol. The number of hydrogen-bond donors (Lipinski definition) is 1. The van der Waals surface area contributed by atoms with Gasteiger partial charge in [0, 0.05) is 17.1 Å². The van der Waals surface area contributed by atoms with Gasteiger partial charge < -0.3 is 10.6 Å². The van der Waals surface area contributed by atoms with Crippen molar-refractivity contribution in [1.29, 1.82) is 0 Å². The van der Waals surface area contributed by atoms with Crippen LogP contribution >= 0.6 is 23.8 Å². The molecule has 1 aromatic rings. The molecule has 102 valence electrons. The van der Waals surface area contributed by atoms with Gasteiger partial charge in [-0.1, -0.05) is 23.8 Å². The van der Waals surface area contributed by atoms with Crippen molar-refractivity contribution in [2.75, 3.05) is 6.54 Å². The maximum atomic E-state index is 12.6. The summed E-state index contributed by atoms with van der Waals surface area (Å²) in [5, 5.41) is 0.576. The van der Waals surface area contributed by atoms with Crippen molar-refractivity contribution in [1.82, 2.24) is 4.90 Å². The first-order valence-corrected chi connectivity index (χ1v) is 7.15. The van der Waals surface area contributed by atoms with Crippen LogP contribution in [0.1, 0.15) is 35.2 Å². The Hall–Kier alpha value is -1.13. The van der Waals surface area contributed by atoms with Crippen molar-refractivity contribution in [3.05, 3.63) is 34.3 Å². The summed E-state index contributed by atoms with van der Waals surface area (Å²) in [6.07, 6.45) is 2.89. The average Bonchev–Trinajstić information content (AvgIpc) is 2.36. The number of hydrogen-bond acceptors (Lipinski definition) is 2. The molecule has 2 N–H and O–H groups in total. The molecule has 0 spiro atoms. The number of likely N-dealkylation sites (tertiary alicyclic amines) is 1. The van der Waals surface area contributed by atoms with Gasteiger partial charge in [-0.25, -0.2) is 0 Å². The van der Waals surface area contributed by atoms with Crippen LogP contribution in [0.5, 0.6) is 0 Å². The van der Waals surface area contributed by atoms with Gasteiger partial charge in [-0.05, 0) is 49.9 Å². The fourth-order valence-corrected chi connectivity index (χ4v) is 3.03. The van der Waals surface area contributed by atoms with Crippen LogP contribution in [0.4, 0.5) is 0 Å². The first kappa shape index (κ1) is 14.3. The van der Waals surface area contributed by atoms with E-state index in [9.17, 15) is 4.79 Å². The van der Waals surface area contributed by atoms with Gasteiger partial charge in [0.1, 0.15) is 0 Å². The van der Waals surface area contributed by atoms with Gasteiger partial charge in [-0.2, -0.15) is 0 Å². The maximum Gasteiger partial charge on any atom is 0.254 e. The normalized spacial score (nSPS) is 19.3. The van der Waals surface area contributed by atoms with E-state index in [4.69, 9.17) is 29.6 Å². The van der Waals surface area contributed by atoms with E-state index in [1.54, 1.807) is 11.0 Å². The molecular weight excluding hydrogens is 280 g/mol. The molecule has 1 aromatic carbocycles. The number of rotatable bonds is 2. The van der Waals surface area contributed by atoms with Crippen molar-refractivity contribution >= 4 is 34.7 Å². The zero-order valence-electron chi connectivity index (χ0n) is 10.9. The average molecular weight is 297 g/mol. The molecule has 0 saturated carbocycles. The number of thiocarbonyl (C=S) groups is 1. The molecule has 1 saturated heterocycles. The Balaban J connectivity index is 2.28. The van der Waals surface area contributed by atoms with Gasteiger partial charge in [0.2, 0.25) is 0 Å². The highest BCUT2D eigenvalue weighted by Gasteiger charge is 2.29. The zero-order chi connectivity index (χ0) is 14.0. The Labute approximate surface area is 123 Å². The molecule has 5 heteroatoms. The van der Waals surface area contributed by atoms with Gasteiger partial charge >= 0.3 is 0 Å². The molecule has 1 atom stereocenters. The van der Waals surface area contributed by atoms with Crippen LogP contribution in [0.3, 0.4) is 0 Å². The minimum atomic E-state index is -0.129. The summed E-state index contributed by atoms with van der Waals surface area (Å²) < 4.78 is 0. The lowest BCUT2D eigenvalue weighted by atomic mass is 10.0. The highest BCUT2D eigenvalue weighted by molar-refractivity contribution is 7.80. The number of carbonyl (C=O) groups excluding carboxylic acids is 1. The highest BCUT2D eigenvalue weighted by atomic mass is 35.5. The molecule has 1 aliphatic rings. The number of aryl methyl sites for hydroxylation is 1. The van der Waals surface area contributed by atoms with Crippen molar-refractivity contribution in [3.8, 4) is 0 Å². The minimum Gasteiger partial charge on any atom is -0.392 e. The number of carbonyl (C=O) groups is 1. The summed E-state index contributed by atoms with van der Waals surface area (Å²) in [4.78, 5) is 14.7. The number of nitrogens with zero attached hydrogens (tertiary/aromatic N) is 1. The van der Waals surface area contributed by atoms with Crippen molar-refractivity contribution in [3.63, 3.8) is 0 Å². The van der Waals surface area contributed by atoms with E-state index in [1.807, 2.05) is 19.1 Å². The number of piperidine rings is 1. The van der Waals surface area contributed by atoms with E-state index in [1.165, 1.54) is 0 Å². The standard InChI is InChI=1S/C14H17ClN2OS/c1-9-6-10(8-11(15)7-9)14(18)17-5-3-2-4-12(17)13(16)19/h6-8,12H,2-5H2,1H3,(H2,16,19). The SMILES string of the molecule is Cc1cc(Cl)cc(C(=O)N2CCCCC2C(N)=S)c1. The Kier molecular flexibility index (Phi) is 4.42. The molecule has 0 bridgehead atoms. The highest BCUT2D eigenvalue weighted by Crippen LogP contribution is 2.22. The molecule has 0 aliphatic carbocycles. The Morgan fingerprint density at radius 1 is 1.42 bits per heavy atom. The second-order valence-electron chi connectivity index (χ2n) is 4.93. The summed E-state index contributed by atoms with van der Waals surface area (Å²) >= 11 is 11.1. The third-order valence-corrected chi connectivity index (χ3v) is 3.87. The number of halogens is 1. The second-order valence-corrected chi connectivity index (χ2v) is 5.84. The van der Waals surface area contributed by atoms with Gasteiger partial charge in [0.15, 0.2) is 0 Å². The molecule has 0 radical (unpaired) electrons. The van der Waals surface area contributed by atoms with E-state index in [-0.39, 0.29) is 11.9 Å². The smallest absolute Gasteiger partial charge is 0.254 e. The van der Waals surface area contributed by atoms with E-state index >= 15 is 0 Å². The number of benzene rings is 1. The molecule has 1 unspecified atom stereocenters. The Bertz CT molecular complexity index is 498. The van der Waals surface area contributed by atoms with Crippen LogP contribution in [-0.4, -0.2) is 28.4 Å². The van der Waals surface area contributed by atoms with Crippen LogP contribution in [0.2, 0.25) is 5.02 Å². The fraction of sp³-hybridized carbons (Fsp3) is 0.429. The predicted octanol–water partition coefficient (Wildman–Crippen LogP) is 2.93. The van der Waals surface area contributed by atoms with Gasteiger partial charge in [-0.15, -0.1) is 0 Å². The topological polar surface area (TPSA) is 46.3 Å². The van der Waals surface area contributed by atoms with Crippen LogP contribution in [0, 0.1) is 6.92 Å². The molecule has 1 fully saturated rings. The number of amides is 1. The largest absolute Gasteiger partial charge is 0.392 e. The van der Waals surface area contributed by atoms with Crippen LogP contribution in [-0.2, 0) is 0 Å². The molecule has 19 heavy (non-hydrogen) atoms. The summed E-state index contributed by atoms with van der Waals surface area (Å²) in [6, 6.07) is 5.25. The van der Waals surface area contributed by atoms with Crippen molar-refractivity contribution < 1.29 is 4.79 Å². The van der Waals surface area contributed by atoms with Gasteiger partial charge in [-0.3, -0.25) is 4.79 Å². The van der Waals surface area contributed by atoms with E-state index in [0.717, 1.165) is 24.8 Å².